The van der Waals surface area contributed by atoms with Gasteiger partial charge in [-0.2, -0.15) is 0 Å². The summed E-state index contributed by atoms with van der Waals surface area (Å²) in [4.78, 5) is 11.6. The van der Waals surface area contributed by atoms with Gasteiger partial charge < -0.3 is 24.4 Å². The molecule has 0 heterocycles. The fraction of sp³-hybridized carbons (Fsp3) is 0.211. The highest BCUT2D eigenvalue weighted by Crippen LogP contribution is 2.34. The Kier molecular flexibility index (Phi) is 5.75. The van der Waals surface area contributed by atoms with Gasteiger partial charge in [0.05, 0.1) is 19.8 Å². The van der Waals surface area contributed by atoms with Crippen molar-refractivity contribution in [2.45, 2.75) is 13.3 Å². The summed E-state index contributed by atoms with van der Waals surface area (Å²) in [5.74, 6) is 5.76. The third kappa shape index (κ3) is 4.36. The Hall–Kier alpha value is -3.33. The van der Waals surface area contributed by atoms with E-state index in [4.69, 9.17) is 14.2 Å². The van der Waals surface area contributed by atoms with E-state index in [-0.39, 0.29) is 29.4 Å². The Bertz CT molecular complexity index is 845. The van der Waals surface area contributed by atoms with Crippen LogP contribution in [-0.2, 0) is 4.79 Å². The van der Waals surface area contributed by atoms with Crippen molar-refractivity contribution in [3.8, 4) is 40.6 Å². The summed E-state index contributed by atoms with van der Waals surface area (Å²) in [6.07, 6.45) is 0.187. The maximum absolute atomic E-state index is 11.6. The molecule has 2 N–H and O–H groups in total. The maximum atomic E-state index is 11.6. The molecule has 0 radical (unpaired) electrons. The lowest BCUT2D eigenvalue weighted by molar-refractivity contribution is -0.134. The molecule has 6 heteroatoms. The van der Waals surface area contributed by atoms with Crippen LogP contribution in [0.5, 0.6) is 28.7 Å². The lowest BCUT2D eigenvalue weighted by atomic mass is 10.1. The van der Waals surface area contributed by atoms with E-state index in [1.165, 1.54) is 32.4 Å². The first kappa shape index (κ1) is 18.0. The van der Waals surface area contributed by atoms with Crippen LogP contribution in [0.1, 0.15) is 24.5 Å². The highest BCUT2D eigenvalue weighted by atomic mass is 16.5. The molecule has 2 aromatic rings. The fourth-order valence-electron chi connectivity index (χ4n) is 2.00. The van der Waals surface area contributed by atoms with Crippen LogP contribution in [0.15, 0.2) is 30.3 Å². The molecule has 6 nitrogen and oxygen atoms in total. The largest absolute Gasteiger partial charge is 0.504 e. The number of rotatable bonds is 4. The zero-order chi connectivity index (χ0) is 18.4. The molecule has 2 aromatic carbocycles. The highest BCUT2D eigenvalue weighted by molar-refractivity contribution is 5.74. The van der Waals surface area contributed by atoms with Crippen molar-refractivity contribution >= 4 is 5.97 Å². The van der Waals surface area contributed by atoms with Gasteiger partial charge >= 0.3 is 5.97 Å². The molecule has 25 heavy (non-hydrogen) atoms. The first-order valence-electron chi connectivity index (χ1n) is 7.49. The number of phenolic OH excluding ortho intramolecular Hbond substituents is 2. The molecule has 0 aliphatic rings. The molecule has 0 aromatic heterocycles. The van der Waals surface area contributed by atoms with Gasteiger partial charge in [0.25, 0.3) is 0 Å². The Morgan fingerprint density at radius 2 is 1.64 bits per heavy atom. The Morgan fingerprint density at radius 3 is 2.24 bits per heavy atom. The van der Waals surface area contributed by atoms with Gasteiger partial charge in [-0.15, -0.1) is 0 Å². The topological polar surface area (TPSA) is 85.2 Å². The lowest BCUT2D eigenvalue weighted by Crippen LogP contribution is -2.07. The van der Waals surface area contributed by atoms with Crippen molar-refractivity contribution in [1.29, 1.82) is 0 Å². The Morgan fingerprint density at radius 1 is 0.960 bits per heavy atom. The average Bonchev–Trinajstić information content (AvgIpc) is 2.61. The van der Waals surface area contributed by atoms with E-state index in [0.29, 0.717) is 16.9 Å². The molecule has 0 saturated carbocycles. The molecule has 0 spiro atoms. The number of carbonyl (C=O) groups excluding carboxylic acids is 1. The smallest absolute Gasteiger partial charge is 0.310 e. The van der Waals surface area contributed by atoms with Crippen LogP contribution in [0, 0.1) is 11.8 Å². The van der Waals surface area contributed by atoms with Gasteiger partial charge in [0.15, 0.2) is 23.0 Å². The second-order valence-electron chi connectivity index (χ2n) is 4.98. The van der Waals surface area contributed by atoms with E-state index in [9.17, 15) is 15.0 Å². The quantitative estimate of drug-likeness (QED) is 0.505. The third-order valence-corrected chi connectivity index (χ3v) is 3.31. The van der Waals surface area contributed by atoms with Crippen molar-refractivity contribution in [1.82, 2.24) is 0 Å². The van der Waals surface area contributed by atoms with Crippen molar-refractivity contribution in [2.75, 3.05) is 14.2 Å². The summed E-state index contributed by atoms with van der Waals surface area (Å²) in [6.45, 7) is 1.66. The number of benzene rings is 2. The first-order chi connectivity index (χ1) is 12.0. The number of hydrogen-bond donors (Lipinski definition) is 2. The second kappa shape index (κ2) is 7.97. The minimum Gasteiger partial charge on any atom is -0.504 e. The number of aromatic hydroxyl groups is 2. The second-order valence-corrected chi connectivity index (χ2v) is 4.98. The molecule has 2 rings (SSSR count). The zero-order valence-corrected chi connectivity index (χ0v) is 14.1. The molecule has 0 fully saturated rings. The number of esters is 1. The van der Waals surface area contributed by atoms with Crippen LogP contribution in [0.2, 0.25) is 0 Å². The van der Waals surface area contributed by atoms with Crippen molar-refractivity contribution in [2.24, 2.45) is 0 Å². The third-order valence-electron chi connectivity index (χ3n) is 3.31. The standard InChI is InChI=1S/C19H18O6/c1-4-19(22)25-17-11-15(21)18(24-3)10-13(17)7-5-12-6-8-16(23-2)14(20)9-12/h6,8-11,20-21H,4H2,1-3H3. The Balaban J connectivity index is 2.44. The normalized spacial score (nSPS) is 9.72. The van der Waals surface area contributed by atoms with Gasteiger partial charge in [0.2, 0.25) is 0 Å². The molecule has 0 atom stereocenters. The minimum absolute atomic E-state index is 0.0322. The summed E-state index contributed by atoms with van der Waals surface area (Å²) >= 11 is 0. The molecule has 0 aliphatic heterocycles. The molecule has 130 valence electrons. The molecule has 0 amide bonds. The van der Waals surface area contributed by atoms with Gasteiger partial charge in [-0.3, -0.25) is 4.79 Å². The molecule has 0 bridgehead atoms. The highest BCUT2D eigenvalue weighted by Gasteiger charge is 2.12. The number of methoxy groups -OCH3 is 2. The van der Waals surface area contributed by atoms with Crippen LogP contribution < -0.4 is 14.2 Å². The predicted molar refractivity (Wildman–Crippen MR) is 91.2 cm³/mol. The maximum Gasteiger partial charge on any atom is 0.310 e. The van der Waals surface area contributed by atoms with Crippen molar-refractivity contribution in [3.05, 3.63) is 41.5 Å². The zero-order valence-electron chi connectivity index (χ0n) is 14.1. The molecule has 0 saturated heterocycles. The number of hydrogen-bond acceptors (Lipinski definition) is 6. The summed E-state index contributed by atoms with van der Waals surface area (Å²) in [5.41, 5.74) is 0.907. The van der Waals surface area contributed by atoms with E-state index in [2.05, 4.69) is 11.8 Å². The van der Waals surface area contributed by atoms with Crippen LogP contribution >= 0.6 is 0 Å². The van der Waals surface area contributed by atoms with Crippen molar-refractivity contribution < 1.29 is 29.2 Å². The van der Waals surface area contributed by atoms with Crippen LogP contribution in [0.3, 0.4) is 0 Å². The monoisotopic (exact) mass is 342 g/mol. The number of ether oxygens (including phenoxy) is 3. The van der Waals surface area contributed by atoms with Gasteiger partial charge in [-0.05, 0) is 18.2 Å². The van der Waals surface area contributed by atoms with E-state index in [1.807, 2.05) is 0 Å². The van der Waals surface area contributed by atoms with Crippen LogP contribution in [0.4, 0.5) is 0 Å². The molecule has 0 aliphatic carbocycles. The fourth-order valence-corrected chi connectivity index (χ4v) is 2.00. The minimum atomic E-state index is -0.449. The summed E-state index contributed by atoms with van der Waals surface area (Å²) < 4.78 is 15.2. The lowest BCUT2D eigenvalue weighted by Gasteiger charge is -2.09. The van der Waals surface area contributed by atoms with Gasteiger partial charge in [0, 0.05) is 24.1 Å². The van der Waals surface area contributed by atoms with E-state index in [1.54, 1.807) is 19.1 Å². The molecular formula is C19H18O6. The number of carbonyl (C=O) groups is 1. The van der Waals surface area contributed by atoms with Crippen LogP contribution in [0.25, 0.3) is 0 Å². The summed E-state index contributed by atoms with van der Waals surface area (Å²) in [7, 11) is 2.86. The predicted octanol–water partition coefficient (Wildman–Crippen LogP) is 2.83. The van der Waals surface area contributed by atoms with E-state index >= 15 is 0 Å². The molecule has 0 unspecified atom stereocenters. The number of phenols is 2. The average molecular weight is 342 g/mol. The van der Waals surface area contributed by atoms with Gasteiger partial charge in [-0.25, -0.2) is 0 Å². The van der Waals surface area contributed by atoms with E-state index < -0.39 is 5.97 Å². The molecular weight excluding hydrogens is 324 g/mol. The summed E-state index contributed by atoms with van der Waals surface area (Å²) in [6, 6.07) is 7.49. The Labute approximate surface area is 145 Å². The van der Waals surface area contributed by atoms with Gasteiger partial charge in [-0.1, -0.05) is 18.8 Å². The van der Waals surface area contributed by atoms with Crippen molar-refractivity contribution in [3.63, 3.8) is 0 Å². The first-order valence-corrected chi connectivity index (χ1v) is 7.49. The van der Waals surface area contributed by atoms with Crippen LogP contribution in [-0.4, -0.2) is 30.4 Å². The van der Waals surface area contributed by atoms with E-state index in [0.717, 1.165) is 0 Å². The van der Waals surface area contributed by atoms with Gasteiger partial charge in [0.1, 0.15) is 5.75 Å². The summed E-state index contributed by atoms with van der Waals surface area (Å²) in [5, 5.41) is 19.7. The SMILES string of the molecule is CCC(=O)Oc1cc(O)c(OC)cc1C#Cc1ccc(OC)c(O)c1.